The Labute approximate surface area is 140 Å². The minimum absolute atomic E-state index is 0.759. The predicted octanol–water partition coefficient (Wildman–Crippen LogP) is 2.04. The van der Waals surface area contributed by atoms with E-state index in [2.05, 4.69) is 38.6 Å². The molecule has 1 aromatic heterocycles. The molecule has 0 N–H and O–H groups in total. The minimum atomic E-state index is 0.759. The van der Waals surface area contributed by atoms with Crippen molar-refractivity contribution in [3.8, 4) is 0 Å². The van der Waals surface area contributed by atoms with E-state index in [1.54, 1.807) is 6.33 Å². The standard InChI is InChI=1S/C18H31N5/c1-3-5-16-14-19-15-20-18(16)23-10-6-17(7-11-23)22-9-4-8-21(2)12-13-22/h14-15,17H,3-13H2,1-2H3. The molecule has 0 aromatic carbocycles. The Morgan fingerprint density at radius 3 is 2.70 bits per heavy atom. The first-order valence-corrected chi connectivity index (χ1v) is 9.24. The molecule has 5 heteroatoms. The summed E-state index contributed by atoms with van der Waals surface area (Å²) in [6.07, 6.45) is 9.77. The maximum atomic E-state index is 4.58. The molecule has 0 unspecified atom stereocenters. The summed E-state index contributed by atoms with van der Waals surface area (Å²) < 4.78 is 0. The predicted molar refractivity (Wildman–Crippen MR) is 94.9 cm³/mol. The van der Waals surface area contributed by atoms with E-state index in [1.165, 1.54) is 56.8 Å². The van der Waals surface area contributed by atoms with Gasteiger partial charge in [-0.1, -0.05) is 13.3 Å². The van der Waals surface area contributed by atoms with Gasteiger partial charge in [0.1, 0.15) is 12.1 Å². The van der Waals surface area contributed by atoms with Crippen LogP contribution in [-0.4, -0.2) is 72.1 Å². The molecule has 2 saturated heterocycles. The van der Waals surface area contributed by atoms with Gasteiger partial charge in [0.2, 0.25) is 0 Å². The SMILES string of the molecule is CCCc1cncnc1N1CCC(N2CCCN(C)CC2)CC1. The van der Waals surface area contributed by atoms with Gasteiger partial charge in [0, 0.05) is 44.0 Å². The van der Waals surface area contributed by atoms with E-state index in [1.807, 2.05) is 6.20 Å². The molecule has 2 aliphatic heterocycles. The summed E-state index contributed by atoms with van der Waals surface area (Å²) in [5, 5.41) is 0. The molecule has 3 rings (SSSR count). The van der Waals surface area contributed by atoms with Crippen LogP contribution in [-0.2, 0) is 6.42 Å². The number of piperidine rings is 1. The topological polar surface area (TPSA) is 35.5 Å². The Balaban J connectivity index is 1.58. The van der Waals surface area contributed by atoms with Crippen LogP contribution in [0.4, 0.5) is 5.82 Å². The van der Waals surface area contributed by atoms with Crippen LogP contribution < -0.4 is 4.90 Å². The first kappa shape index (κ1) is 16.7. The highest BCUT2D eigenvalue weighted by Gasteiger charge is 2.27. The molecule has 2 aliphatic rings. The number of hydrogen-bond acceptors (Lipinski definition) is 5. The van der Waals surface area contributed by atoms with Gasteiger partial charge in [0.05, 0.1) is 0 Å². The van der Waals surface area contributed by atoms with Crippen molar-refractivity contribution in [2.24, 2.45) is 0 Å². The zero-order valence-electron chi connectivity index (χ0n) is 14.7. The highest BCUT2D eigenvalue weighted by molar-refractivity contribution is 5.45. The summed E-state index contributed by atoms with van der Waals surface area (Å²) >= 11 is 0. The van der Waals surface area contributed by atoms with Gasteiger partial charge in [-0.2, -0.15) is 0 Å². The van der Waals surface area contributed by atoms with Crippen LogP contribution in [0.5, 0.6) is 0 Å². The Morgan fingerprint density at radius 2 is 1.91 bits per heavy atom. The number of nitrogens with zero attached hydrogens (tertiary/aromatic N) is 5. The maximum absolute atomic E-state index is 4.58. The molecule has 0 amide bonds. The number of anilines is 1. The third-order valence-electron chi connectivity index (χ3n) is 5.32. The van der Waals surface area contributed by atoms with Crippen LogP contribution in [0.3, 0.4) is 0 Å². The summed E-state index contributed by atoms with van der Waals surface area (Å²) in [5.41, 5.74) is 1.31. The molecule has 128 valence electrons. The Kier molecular flexibility index (Phi) is 5.84. The number of aryl methyl sites for hydroxylation is 1. The number of hydrogen-bond donors (Lipinski definition) is 0. The largest absolute Gasteiger partial charge is 0.356 e. The van der Waals surface area contributed by atoms with E-state index in [0.717, 1.165) is 32.0 Å². The van der Waals surface area contributed by atoms with E-state index in [9.17, 15) is 0 Å². The van der Waals surface area contributed by atoms with Gasteiger partial charge >= 0.3 is 0 Å². The van der Waals surface area contributed by atoms with Crippen LogP contribution in [0.25, 0.3) is 0 Å². The van der Waals surface area contributed by atoms with Gasteiger partial charge in [0.25, 0.3) is 0 Å². The second-order valence-corrected chi connectivity index (χ2v) is 7.03. The molecule has 23 heavy (non-hydrogen) atoms. The van der Waals surface area contributed by atoms with Crippen LogP contribution in [0.1, 0.15) is 38.2 Å². The molecule has 0 saturated carbocycles. The molecule has 2 fully saturated rings. The molecule has 0 atom stereocenters. The molecule has 3 heterocycles. The molecular weight excluding hydrogens is 286 g/mol. The zero-order valence-corrected chi connectivity index (χ0v) is 14.7. The van der Waals surface area contributed by atoms with E-state index >= 15 is 0 Å². The molecule has 0 bridgehead atoms. The second kappa shape index (κ2) is 8.06. The summed E-state index contributed by atoms with van der Waals surface area (Å²) in [6, 6.07) is 0.759. The van der Waals surface area contributed by atoms with Gasteiger partial charge < -0.3 is 9.80 Å². The van der Waals surface area contributed by atoms with E-state index in [4.69, 9.17) is 0 Å². The third kappa shape index (κ3) is 4.21. The Morgan fingerprint density at radius 1 is 1.09 bits per heavy atom. The van der Waals surface area contributed by atoms with Crippen molar-refractivity contribution in [3.05, 3.63) is 18.1 Å². The highest BCUT2D eigenvalue weighted by atomic mass is 15.3. The number of likely N-dealkylation sites (N-methyl/N-ethyl adjacent to an activating group) is 1. The summed E-state index contributed by atoms with van der Waals surface area (Å²) in [6.45, 7) is 9.44. The molecule has 0 radical (unpaired) electrons. The van der Waals surface area contributed by atoms with Crippen molar-refractivity contribution in [3.63, 3.8) is 0 Å². The molecule has 5 nitrogen and oxygen atoms in total. The fourth-order valence-electron chi connectivity index (χ4n) is 3.96. The van der Waals surface area contributed by atoms with E-state index in [-0.39, 0.29) is 0 Å². The van der Waals surface area contributed by atoms with Crippen molar-refractivity contribution in [1.82, 2.24) is 19.8 Å². The monoisotopic (exact) mass is 317 g/mol. The molecule has 0 aliphatic carbocycles. The number of rotatable bonds is 4. The lowest BCUT2D eigenvalue weighted by Crippen LogP contribution is -2.46. The van der Waals surface area contributed by atoms with Crippen LogP contribution in [0.2, 0.25) is 0 Å². The van der Waals surface area contributed by atoms with Crippen LogP contribution in [0.15, 0.2) is 12.5 Å². The van der Waals surface area contributed by atoms with Crippen molar-refractivity contribution in [1.29, 1.82) is 0 Å². The van der Waals surface area contributed by atoms with Gasteiger partial charge in [-0.05, 0) is 45.8 Å². The molecular formula is C18H31N5. The first-order chi connectivity index (χ1) is 11.3. The average molecular weight is 317 g/mol. The Hall–Kier alpha value is -1.20. The second-order valence-electron chi connectivity index (χ2n) is 7.03. The average Bonchev–Trinajstić information content (AvgIpc) is 2.81. The zero-order chi connectivity index (χ0) is 16.1. The van der Waals surface area contributed by atoms with Crippen molar-refractivity contribution in [2.45, 2.75) is 45.1 Å². The van der Waals surface area contributed by atoms with E-state index < -0.39 is 0 Å². The van der Waals surface area contributed by atoms with Gasteiger partial charge in [-0.25, -0.2) is 9.97 Å². The third-order valence-corrected chi connectivity index (χ3v) is 5.32. The van der Waals surface area contributed by atoms with Gasteiger partial charge in [0.15, 0.2) is 0 Å². The van der Waals surface area contributed by atoms with Crippen molar-refractivity contribution in [2.75, 3.05) is 51.2 Å². The normalized spacial score (nSPS) is 22.3. The quantitative estimate of drug-likeness (QED) is 0.849. The summed E-state index contributed by atoms with van der Waals surface area (Å²) in [4.78, 5) is 16.5. The van der Waals surface area contributed by atoms with Crippen LogP contribution >= 0.6 is 0 Å². The van der Waals surface area contributed by atoms with Crippen molar-refractivity contribution >= 4 is 5.82 Å². The summed E-state index contributed by atoms with van der Waals surface area (Å²) in [5.74, 6) is 1.18. The van der Waals surface area contributed by atoms with Gasteiger partial charge in [-0.3, -0.25) is 4.90 Å². The lowest BCUT2D eigenvalue weighted by Gasteiger charge is -2.39. The fraction of sp³-hybridized carbons (Fsp3) is 0.778. The summed E-state index contributed by atoms with van der Waals surface area (Å²) in [7, 11) is 2.25. The van der Waals surface area contributed by atoms with Crippen LogP contribution in [0, 0.1) is 0 Å². The molecule has 1 aromatic rings. The first-order valence-electron chi connectivity index (χ1n) is 9.24. The van der Waals surface area contributed by atoms with Gasteiger partial charge in [-0.15, -0.1) is 0 Å². The maximum Gasteiger partial charge on any atom is 0.135 e. The van der Waals surface area contributed by atoms with Crippen molar-refractivity contribution < 1.29 is 0 Å². The fourth-order valence-corrected chi connectivity index (χ4v) is 3.96. The smallest absolute Gasteiger partial charge is 0.135 e. The highest BCUT2D eigenvalue weighted by Crippen LogP contribution is 2.24. The lowest BCUT2D eigenvalue weighted by atomic mass is 10.0. The molecule has 0 spiro atoms. The van der Waals surface area contributed by atoms with E-state index in [0.29, 0.717) is 0 Å². The Bertz CT molecular complexity index is 484. The lowest BCUT2D eigenvalue weighted by molar-refractivity contribution is 0.174. The number of aromatic nitrogens is 2. The minimum Gasteiger partial charge on any atom is -0.356 e.